The van der Waals surface area contributed by atoms with Crippen LogP contribution in [0, 0.1) is 29.4 Å². The van der Waals surface area contributed by atoms with Gasteiger partial charge >= 0.3 is 0 Å². The highest BCUT2D eigenvalue weighted by Gasteiger charge is 2.26. The van der Waals surface area contributed by atoms with Crippen molar-refractivity contribution in [3.8, 4) is 0 Å². The van der Waals surface area contributed by atoms with Gasteiger partial charge in [0.1, 0.15) is 0 Å². The van der Waals surface area contributed by atoms with Crippen LogP contribution in [0.2, 0.25) is 0 Å². The lowest BCUT2D eigenvalue weighted by Crippen LogP contribution is -2.21. The molecule has 0 amide bonds. The molecule has 24 heavy (non-hydrogen) atoms. The third-order valence-electron chi connectivity index (χ3n) is 5.85. The minimum Gasteiger partial charge on any atom is -0.204 e. The van der Waals surface area contributed by atoms with Gasteiger partial charge in [0.2, 0.25) is 0 Å². The summed E-state index contributed by atoms with van der Waals surface area (Å²) in [5.74, 6) is 0.807. The van der Waals surface area contributed by atoms with Crippen LogP contribution >= 0.6 is 0 Å². The average molecular weight is 330 g/mol. The van der Waals surface area contributed by atoms with Crippen molar-refractivity contribution in [3.63, 3.8) is 0 Å². The molecular formula is C22H28F2. The van der Waals surface area contributed by atoms with Crippen molar-refractivity contribution in [1.82, 2.24) is 0 Å². The molecule has 0 nitrogen and oxygen atoms in total. The summed E-state index contributed by atoms with van der Waals surface area (Å²) in [5, 5.41) is 0. The summed E-state index contributed by atoms with van der Waals surface area (Å²) in [5.41, 5.74) is 1.79. The van der Waals surface area contributed by atoms with Crippen molar-refractivity contribution in [3.05, 3.63) is 53.6 Å². The second-order valence-corrected chi connectivity index (χ2v) is 7.47. The molecule has 1 unspecified atom stereocenters. The third kappa shape index (κ3) is 4.15. The van der Waals surface area contributed by atoms with E-state index >= 15 is 0 Å². The fourth-order valence-corrected chi connectivity index (χ4v) is 4.27. The van der Waals surface area contributed by atoms with Gasteiger partial charge in [-0.2, -0.15) is 0 Å². The first kappa shape index (κ1) is 17.4. The number of halogens is 2. The highest BCUT2D eigenvalue weighted by Crippen LogP contribution is 2.39. The Balaban J connectivity index is 1.54. The van der Waals surface area contributed by atoms with Gasteiger partial charge in [-0.05, 0) is 60.3 Å². The molecule has 1 fully saturated rings. The fraction of sp³-hybridized carbons (Fsp3) is 0.545. The summed E-state index contributed by atoms with van der Waals surface area (Å²) >= 11 is 0. The summed E-state index contributed by atoms with van der Waals surface area (Å²) in [6.07, 6.45) is 17.2. The molecule has 0 aliphatic heterocycles. The van der Waals surface area contributed by atoms with Crippen LogP contribution in [-0.4, -0.2) is 0 Å². The standard InChI is InChI=1S/C22H28F2/c1-2-3-4-16-5-7-17(8-6-16)18-9-11-19(12-10-18)20-13-14-21(23)22(24)15-20/h9,11-18H,2-8,10H2,1H3/t16-,17-,18?. The van der Waals surface area contributed by atoms with E-state index in [2.05, 4.69) is 25.2 Å². The van der Waals surface area contributed by atoms with Crippen molar-refractivity contribution in [2.24, 2.45) is 17.8 Å². The molecule has 0 heterocycles. The SMILES string of the molecule is CCCC[C@H]1CC[C@H](C2C=CC(c3ccc(F)c(F)c3)=CC2)CC1. The maximum absolute atomic E-state index is 13.4. The molecule has 3 rings (SSSR count). The number of unbranched alkanes of at least 4 members (excludes halogenated alkanes) is 1. The summed E-state index contributed by atoms with van der Waals surface area (Å²) in [7, 11) is 0. The third-order valence-corrected chi connectivity index (χ3v) is 5.85. The zero-order valence-corrected chi connectivity index (χ0v) is 14.6. The lowest BCUT2D eigenvalue weighted by molar-refractivity contribution is 0.219. The molecule has 1 saturated carbocycles. The van der Waals surface area contributed by atoms with Gasteiger partial charge in [0.25, 0.3) is 0 Å². The smallest absolute Gasteiger partial charge is 0.159 e. The maximum Gasteiger partial charge on any atom is 0.159 e. The molecular weight excluding hydrogens is 302 g/mol. The van der Waals surface area contributed by atoms with E-state index in [-0.39, 0.29) is 0 Å². The van der Waals surface area contributed by atoms with Crippen LogP contribution in [0.25, 0.3) is 5.57 Å². The number of hydrogen-bond acceptors (Lipinski definition) is 0. The van der Waals surface area contributed by atoms with E-state index in [1.807, 2.05) is 0 Å². The Bertz CT molecular complexity index is 606. The van der Waals surface area contributed by atoms with Gasteiger partial charge in [0, 0.05) is 0 Å². The molecule has 1 aromatic rings. The number of hydrogen-bond donors (Lipinski definition) is 0. The van der Waals surface area contributed by atoms with Gasteiger partial charge in [-0.1, -0.05) is 63.3 Å². The lowest BCUT2D eigenvalue weighted by atomic mass is 9.72. The Morgan fingerprint density at radius 2 is 1.83 bits per heavy atom. The molecule has 0 saturated heterocycles. The van der Waals surface area contributed by atoms with Crippen LogP contribution in [0.4, 0.5) is 8.78 Å². The van der Waals surface area contributed by atoms with Crippen molar-refractivity contribution < 1.29 is 8.78 Å². The fourth-order valence-electron chi connectivity index (χ4n) is 4.27. The highest BCUT2D eigenvalue weighted by atomic mass is 19.2. The number of benzene rings is 1. The van der Waals surface area contributed by atoms with Gasteiger partial charge in [0.05, 0.1) is 0 Å². The first-order valence-corrected chi connectivity index (χ1v) is 9.51. The van der Waals surface area contributed by atoms with Crippen LogP contribution in [0.15, 0.2) is 36.4 Å². The summed E-state index contributed by atoms with van der Waals surface area (Å²) in [4.78, 5) is 0. The Morgan fingerprint density at radius 1 is 1.04 bits per heavy atom. The second-order valence-electron chi connectivity index (χ2n) is 7.47. The first-order chi connectivity index (χ1) is 11.7. The van der Waals surface area contributed by atoms with Crippen LogP contribution in [-0.2, 0) is 0 Å². The van der Waals surface area contributed by atoms with Crippen molar-refractivity contribution >= 4 is 5.57 Å². The van der Waals surface area contributed by atoms with Crippen LogP contribution < -0.4 is 0 Å². The van der Waals surface area contributed by atoms with Crippen molar-refractivity contribution in [1.29, 1.82) is 0 Å². The normalized spacial score (nSPS) is 27.1. The second kappa shape index (κ2) is 8.09. The summed E-state index contributed by atoms with van der Waals surface area (Å²) in [6.45, 7) is 2.27. The molecule has 0 bridgehead atoms. The van der Waals surface area contributed by atoms with Gasteiger partial charge in [-0.3, -0.25) is 0 Å². The molecule has 1 atom stereocenters. The Labute approximate surface area is 144 Å². The minimum atomic E-state index is -0.781. The lowest BCUT2D eigenvalue weighted by Gasteiger charge is -2.33. The molecule has 1 aromatic carbocycles. The summed E-state index contributed by atoms with van der Waals surface area (Å²) < 4.78 is 26.5. The van der Waals surface area contributed by atoms with E-state index in [1.54, 1.807) is 6.07 Å². The number of allylic oxidation sites excluding steroid dienone is 4. The predicted molar refractivity (Wildman–Crippen MR) is 96.6 cm³/mol. The summed E-state index contributed by atoms with van der Waals surface area (Å²) in [6, 6.07) is 4.17. The van der Waals surface area contributed by atoms with Crippen LogP contribution in [0.1, 0.15) is 63.9 Å². The Hall–Kier alpha value is -1.44. The highest BCUT2D eigenvalue weighted by molar-refractivity contribution is 5.74. The minimum absolute atomic E-state index is 0.617. The van der Waals surface area contributed by atoms with Gasteiger partial charge < -0.3 is 0 Å². The zero-order valence-electron chi connectivity index (χ0n) is 14.6. The Morgan fingerprint density at radius 3 is 2.46 bits per heavy atom. The van der Waals surface area contributed by atoms with E-state index in [4.69, 9.17) is 0 Å². The van der Waals surface area contributed by atoms with E-state index in [9.17, 15) is 8.78 Å². The topological polar surface area (TPSA) is 0 Å². The average Bonchev–Trinajstić information content (AvgIpc) is 2.63. The monoisotopic (exact) mass is 330 g/mol. The molecule has 2 aliphatic rings. The molecule has 0 spiro atoms. The Kier molecular flexibility index (Phi) is 5.86. The van der Waals surface area contributed by atoms with Crippen LogP contribution in [0.5, 0.6) is 0 Å². The van der Waals surface area contributed by atoms with E-state index in [0.29, 0.717) is 5.92 Å². The number of rotatable bonds is 5. The van der Waals surface area contributed by atoms with Gasteiger partial charge in [-0.25, -0.2) is 8.78 Å². The molecule has 130 valence electrons. The zero-order chi connectivity index (χ0) is 16.9. The van der Waals surface area contributed by atoms with Gasteiger partial charge in [0.15, 0.2) is 11.6 Å². The molecule has 0 radical (unpaired) electrons. The molecule has 2 heteroatoms. The molecule has 0 N–H and O–H groups in total. The van der Waals surface area contributed by atoms with E-state index in [0.717, 1.165) is 29.4 Å². The largest absolute Gasteiger partial charge is 0.204 e. The van der Waals surface area contributed by atoms with Crippen molar-refractivity contribution in [2.45, 2.75) is 58.3 Å². The molecule has 0 aromatic heterocycles. The maximum atomic E-state index is 13.4. The molecule has 2 aliphatic carbocycles. The van der Waals surface area contributed by atoms with E-state index < -0.39 is 11.6 Å². The quantitative estimate of drug-likeness (QED) is 0.549. The predicted octanol–water partition coefficient (Wildman–Crippen LogP) is 6.92. The van der Waals surface area contributed by atoms with E-state index in [1.165, 1.54) is 57.1 Å². The van der Waals surface area contributed by atoms with Crippen molar-refractivity contribution in [2.75, 3.05) is 0 Å². The first-order valence-electron chi connectivity index (χ1n) is 9.51. The van der Waals surface area contributed by atoms with Crippen LogP contribution in [0.3, 0.4) is 0 Å². The van der Waals surface area contributed by atoms with Gasteiger partial charge in [-0.15, -0.1) is 0 Å².